The first kappa shape index (κ1) is 8.96. The second kappa shape index (κ2) is 6.09. The molecule has 0 saturated carbocycles. The molecule has 0 aromatic rings. The van der Waals surface area contributed by atoms with Crippen LogP contribution < -0.4 is 5.32 Å². The molecule has 1 N–H and O–H groups in total. The van der Waals surface area contributed by atoms with Gasteiger partial charge in [0.2, 0.25) is 0 Å². The molecule has 0 aliphatic heterocycles. The molecule has 9 heavy (non-hydrogen) atoms. The lowest BCUT2D eigenvalue weighted by Crippen LogP contribution is -2.23. The van der Waals surface area contributed by atoms with Crippen LogP contribution in [-0.2, 0) is 0 Å². The lowest BCUT2D eigenvalue weighted by atomic mass is 10.1. The largest absolute Gasteiger partial charge is 0.317 e. The van der Waals surface area contributed by atoms with Gasteiger partial charge in [-0.15, -0.1) is 0 Å². The van der Waals surface area contributed by atoms with Crippen molar-refractivity contribution in [1.29, 1.82) is 0 Å². The van der Waals surface area contributed by atoms with E-state index in [0.29, 0.717) is 0 Å². The molecule has 0 spiro atoms. The van der Waals surface area contributed by atoms with Gasteiger partial charge in [0.25, 0.3) is 0 Å². The van der Waals surface area contributed by atoms with E-state index in [0.717, 1.165) is 6.04 Å². The highest BCUT2D eigenvalue weighted by molar-refractivity contribution is 4.60. The molecule has 0 amide bonds. The predicted octanol–water partition coefficient (Wildman–Crippen LogP) is 2.17. The third kappa shape index (κ3) is 4.46. The molecule has 0 heterocycles. The van der Waals surface area contributed by atoms with Crippen molar-refractivity contribution in [3.8, 4) is 0 Å². The molecule has 0 bridgehead atoms. The maximum atomic E-state index is 3.29. The Morgan fingerprint density at radius 2 is 2.00 bits per heavy atom. The molecule has 0 radical (unpaired) electrons. The third-order valence-corrected chi connectivity index (χ3v) is 1.81. The van der Waals surface area contributed by atoms with Gasteiger partial charge in [-0.2, -0.15) is 0 Å². The number of hydrogen-bond donors (Lipinski definition) is 1. The second-order valence-electron chi connectivity index (χ2n) is 2.54. The van der Waals surface area contributed by atoms with Crippen molar-refractivity contribution < 1.29 is 0 Å². The van der Waals surface area contributed by atoms with Crippen LogP contribution in [0.3, 0.4) is 0 Å². The van der Waals surface area contributed by atoms with Gasteiger partial charge in [-0.25, -0.2) is 0 Å². The fourth-order valence-electron chi connectivity index (χ4n) is 1.00. The molecule has 1 nitrogen and oxygen atoms in total. The molecule has 1 atom stereocenters. The average molecular weight is 129 g/mol. The van der Waals surface area contributed by atoms with Gasteiger partial charge in [-0.1, -0.05) is 26.7 Å². The van der Waals surface area contributed by atoms with E-state index in [-0.39, 0.29) is 0 Å². The van der Waals surface area contributed by atoms with Crippen molar-refractivity contribution in [2.24, 2.45) is 0 Å². The molecule has 0 aromatic heterocycles. The minimum Gasteiger partial charge on any atom is -0.317 e. The van der Waals surface area contributed by atoms with Crippen LogP contribution in [0.25, 0.3) is 0 Å². The molecule has 1 unspecified atom stereocenters. The highest BCUT2D eigenvalue weighted by Gasteiger charge is 1.99. The summed E-state index contributed by atoms with van der Waals surface area (Å²) in [5, 5.41) is 3.29. The average Bonchev–Trinajstić information content (AvgIpc) is 1.91. The van der Waals surface area contributed by atoms with Crippen molar-refractivity contribution in [2.75, 3.05) is 7.05 Å². The maximum absolute atomic E-state index is 3.29. The van der Waals surface area contributed by atoms with E-state index >= 15 is 0 Å². The van der Waals surface area contributed by atoms with Crippen molar-refractivity contribution in [3.63, 3.8) is 0 Å². The molecule has 0 rings (SSSR count). The fraction of sp³-hybridized carbons (Fsp3) is 1.00. The summed E-state index contributed by atoms with van der Waals surface area (Å²) in [5.74, 6) is 0. The van der Waals surface area contributed by atoms with Gasteiger partial charge in [0, 0.05) is 6.04 Å². The Labute approximate surface area is 58.8 Å². The normalized spacial score (nSPS) is 13.7. The first-order valence-corrected chi connectivity index (χ1v) is 4.02. The first-order chi connectivity index (χ1) is 4.35. The Bertz CT molecular complexity index is 48.5. The van der Waals surface area contributed by atoms with E-state index in [4.69, 9.17) is 0 Å². The zero-order chi connectivity index (χ0) is 7.11. The van der Waals surface area contributed by atoms with Gasteiger partial charge in [-0.3, -0.25) is 0 Å². The molecule has 0 fully saturated rings. The van der Waals surface area contributed by atoms with E-state index in [1.165, 1.54) is 25.7 Å². The second-order valence-corrected chi connectivity index (χ2v) is 2.54. The summed E-state index contributed by atoms with van der Waals surface area (Å²) in [6.45, 7) is 4.47. The van der Waals surface area contributed by atoms with Crippen molar-refractivity contribution >= 4 is 0 Å². The van der Waals surface area contributed by atoms with Crippen LogP contribution in [0.5, 0.6) is 0 Å². The zero-order valence-electron chi connectivity index (χ0n) is 6.91. The topological polar surface area (TPSA) is 12.0 Å². The summed E-state index contributed by atoms with van der Waals surface area (Å²) >= 11 is 0. The fourth-order valence-corrected chi connectivity index (χ4v) is 1.00. The Kier molecular flexibility index (Phi) is 6.06. The van der Waals surface area contributed by atoms with Gasteiger partial charge in [0.1, 0.15) is 0 Å². The number of unbranched alkanes of at least 4 members (excludes halogenated alkanes) is 1. The van der Waals surface area contributed by atoms with E-state index in [1.54, 1.807) is 0 Å². The minimum absolute atomic E-state index is 0.755. The van der Waals surface area contributed by atoms with E-state index in [2.05, 4.69) is 19.2 Å². The Hall–Kier alpha value is -0.0400. The minimum atomic E-state index is 0.755. The van der Waals surface area contributed by atoms with Crippen LogP contribution in [0.15, 0.2) is 0 Å². The number of nitrogens with one attached hydrogen (secondary N) is 1. The summed E-state index contributed by atoms with van der Waals surface area (Å²) in [6.07, 6.45) is 5.28. The summed E-state index contributed by atoms with van der Waals surface area (Å²) in [7, 11) is 2.05. The van der Waals surface area contributed by atoms with Crippen LogP contribution in [0.2, 0.25) is 0 Å². The van der Waals surface area contributed by atoms with Gasteiger partial charge < -0.3 is 5.32 Å². The van der Waals surface area contributed by atoms with E-state index in [9.17, 15) is 0 Å². The first-order valence-electron chi connectivity index (χ1n) is 4.02. The van der Waals surface area contributed by atoms with Crippen LogP contribution in [0.1, 0.15) is 39.5 Å². The van der Waals surface area contributed by atoms with Gasteiger partial charge in [0.05, 0.1) is 0 Å². The Morgan fingerprint density at radius 1 is 1.33 bits per heavy atom. The molecule has 1 heteroatoms. The van der Waals surface area contributed by atoms with Crippen LogP contribution >= 0.6 is 0 Å². The molecule has 0 aliphatic carbocycles. The molecular weight excluding hydrogens is 110 g/mol. The Morgan fingerprint density at radius 3 is 2.33 bits per heavy atom. The van der Waals surface area contributed by atoms with Gasteiger partial charge >= 0.3 is 0 Å². The highest BCUT2D eigenvalue weighted by Crippen LogP contribution is 2.02. The van der Waals surface area contributed by atoms with E-state index in [1.807, 2.05) is 7.05 Å². The van der Waals surface area contributed by atoms with Crippen molar-refractivity contribution in [2.45, 2.75) is 45.6 Å². The monoisotopic (exact) mass is 129 g/mol. The smallest absolute Gasteiger partial charge is 0.00614 e. The zero-order valence-corrected chi connectivity index (χ0v) is 6.91. The van der Waals surface area contributed by atoms with E-state index < -0.39 is 0 Å². The molecule has 0 aliphatic rings. The SMILES string of the molecule is CCCCC(CC)NC. The molecule has 0 aromatic carbocycles. The Balaban J connectivity index is 3.09. The molecule has 56 valence electrons. The predicted molar refractivity (Wildman–Crippen MR) is 42.7 cm³/mol. The van der Waals surface area contributed by atoms with Crippen LogP contribution in [0.4, 0.5) is 0 Å². The van der Waals surface area contributed by atoms with Crippen molar-refractivity contribution in [1.82, 2.24) is 5.32 Å². The van der Waals surface area contributed by atoms with Gasteiger partial charge in [0.15, 0.2) is 0 Å². The quantitative estimate of drug-likeness (QED) is 0.600. The molecular formula is C8H19N. The highest BCUT2D eigenvalue weighted by atomic mass is 14.9. The van der Waals surface area contributed by atoms with Crippen LogP contribution in [0, 0.1) is 0 Å². The number of rotatable bonds is 5. The summed E-state index contributed by atoms with van der Waals surface area (Å²) in [4.78, 5) is 0. The van der Waals surface area contributed by atoms with Gasteiger partial charge in [-0.05, 0) is 19.9 Å². The third-order valence-electron chi connectivity index (χ3n) is 1.81. The maximum Gasteiger partial charge on any atom is 0.00614 e. The summed E-state index contributed by atoms with van der Waals surface area (Å²) in [6, 6.07) is 0.755. The molecule has 0 saturated heterocycles. The summed E-state index contributed by atoms with van der Waals surface area (Å²) in [5.41, 5.74) is 0. The van der Waals surface area contributed by atoms with Crippen LogP contribution in [-0.4, -0.2) is 13.1 Å². The lowest BCUT2D eigenvalue weighted by Gasteiger charge is -2.11. The standard InChI is InChI=1S/C8H19N/c1-4-6-7-8(5-2)9-3/h8-9H,4-7H2,1-3H3. The summed E-state index contributed by atoms with van der Waals surface area (Å²) < 4.78 is 0. The lowest BCUT2D eigenvalue weighted by molar-refractivity contribution is 0.488. The number of hydrogen-bond acceptors (Lipinski definition) is 1. The van der Waals surface area contributed by atoms with Crippen molar-refractivity contribution in [3.05, 3.63) is 0 Å².